The monoisotopic (exact) mass is 566 g/mol. The third-order valence-corrected chi connectivity index (χ3v) is 9.68. The van der Waals surface area contributed by atoms with Crippen molar-refractivity contribution in [2.75, 3.05) is 51.8 Å². The fourth-order valence-corrected chi connectivity index (χ4v) is 7.52. The van der Waals surface area contributed by atoms with Gasteiger partial charge in [-0.2, -0.15) is 0 Å². The third kappa shape index (κ3) is 5.26. The standard InChI is InChI=1S/C31H42N4O6/c1-20-7-3-4-10-23(20)33-29(37)27-31-12-11-24(41-31)25(28(36)32-21-8-5-9-22(19-21)39-2)26(31)30(38)35(27)14-6-13-34-15-17-40-18-16-34/h5,8-9,11-12,19-20,23-27H,3-4,6-7,10,13-18H2,1-2H3,(H,32,36)(H,33,37)/t20-,23+,24+,25-,26+,27+,31+/m1/s1. The highest BCUT2D eigenvalue weighted by atomic mass is 16.5. The molecule has 1 aliphatic carbocycles. The lowest BCUT2D eigenvalue weighted by Gasteiger charge is -2.36. The van der Waals surface area contributed by atoms with Crippen LogP contribution < -0.4 is 15.4 Å². The quantitative estimate of drug-likeness (QED) is 0.441. The molecule has 4 aliphatic heterocycles. The van der Waals surface area contributed by atoms with E-state index < -0.39 is 29.6 Å². The van der Waals surface area contributed by atoms with Crippen LogP contribution in [0, 0.1) is 17.8 Å². The molecule has 1 spiro atoms. The SMILES string of the molecule is COc1cccc(NC(=O)[C@@H]2[C@@H]3C=C[C@]4(O3)[C@@H]2C(=O)N(CCCN2CCOCC2)[C@H]4C(=O)N[C@H]2CCCC[C@H]2C)c1. The minimum atomic E-state index is -1.15. The fourth-order valence-electron chi connectivity index (χ4n) is 7.52. The van der Waals surface area contributed by atoms with Gasteiger partial charge in [0.25, 0.3) is 0 Å². The minimum Gasteiger partial charge on any atom is -0.497 e. The van der Waals surface area contributed by atoms with Crippen molar-refractivity contribution in [2.24, 2.45) is 17.8 Å². The third-order valence-electron chi connectivity index (χ3n) is 9.68. The van der Waals surface area contributed by atoms with Crippen molar-refractivity contribution in [1.29, 1.82) is 0 Å². The van der Waals surface area contributed by atoms with E-state index in [1.165, 1.54) is 6.42 Å². The molecule has 10 heteroatoms. The number of ether oxygens (including phenoxy) is 3. The van der Waals surface area contributed by atoms with E-state index in [-0.39, 0.29) is 23.8 Å². The van der Waals surface area contributed by atoms with Gasteiger partial charge in [0.2, 0.25) is 17.7 Å². The molecule has 222 valence electrons. The predicted octanol–water partition coefficient (Wildman–Crippen LogP) is 2.20. The van der Waals surface area contributed by atoms with Gasteiger partial charge in [-0.3, -0.25) is 19.3 Å². The van der Waals surface area contributed by atoms with E-state index in [1.807, 2.05) is 12.2 Å². The summed E-state index contributed by atoms with van der Waals surface area (Å²) >= 11 is 0. The van der Waals surface area contributed by atoms with Gasteiger partial charge >= 0.3 is 0 Å². The topological polar surface area (TPSA) is 109 Å². The summed E-state index contributed by atoms with van der Waals surface area (Å²) in [7, 11) is 1.57. The average Bonchev–Trinajstić information content (AvgIpc) is 3.62. The molecule has 5 aliphatic rings. The van der Waals surface area contributed by atoms with Gasteiger partial charge in [-0.15, -0.1) is 0 Å². The van der Waals surface area contributed by atoms with Gasteiger partial charge in [0.15, 0.2) is 0 Å². The number of carbonyl (C=O) groups is 3. The Labute approximate surface area is 241 Å². The number of likely N-dealkylation sites (tertiary alicyclic amines) is 1. The van der Waals surface area contributed by atoms with Crippen LogP contribution in [0.15, 0.2) is 36.4 Å². The van der Waals surface area contributed by atoms with Gasteiger partial charge in [-0.1, -0.05) is 38.0 Å². The molecule has 1 aromatic carbocycles. The Bertz CT molecular complexity index is 1180. The summed E-state index contributed by atoms with van der Waals surface area (Å²) < 4.78 is 17.3. The first kappa shape index (κ1) is 28.2. The van der Waals surface area contributed by atoms with Crippen LogP contribution in [-0.4, -0.2) is 97.8 Å². The Morgan fingerprint density at radius 2 is 1.93 bits per heavy atom. The lowest BCUT2D eigenvalue weighted by molar-refractivity contribution is -0.141. The van der Waals surface area contributed by atoms with Crippen LogP contribution in [-0.2, 0) is 23.9 Å². The molecular weight excluding hydrogens is 524 g/mol. The lowest BCUT2D eigenvalue weighted by Crippen LogP contribution is -2.57. The van der Waals surface area contributed by atoms with Crippen LogP contribution in [0.1, 0.15) is 39.0 Å². The molecule has 3 saturated heterocycles. The number of methoxy groups -OCH3 is 1. The number of carbonyl (C=O) groups excluding carboxylic acids is 3. The van der Waals surface area contributed by atoms with E-state index in [2.05, 4.69) is 22.5 Å². The molecular formula is C31H42N4O6. The normalized spacial score (nSPS) is 34.5. The van der Waals surface area contributed by atoms with Crippen molar-refractivity contribution in [1.82, 2.24) is 15.1 Å². The number of hydrogen-bond acceptors (Lipinski definition) is 7. The number of morpholine rings is 1. The van der Waals surface area contributed by atoms with Gasteiger partial charge < -0.3 is 29.7 Å². The van der Waals surface area contributed by atoms with Gasteiger partial charge in [0.1, 0.15) is 17.4 Å². The number of nitrogens with zero attached hydrogens (tertiary/aromatic N) is 2. The van der Waals surface area contributed by atoms with Gasteiger partial charge in [-0.05, 0) is 37.3 Å². The van der Waals surface area contributed by atoms with Crippen LogP contribution in [0.4, 0.5) is 5.69 Å². The second kappa shape index (κ2) is 11.7. The van der Waals surface area contributed by atoms with Crippen LogP contribution in [0.25, 0.3) is 0 Å². The summed E-state index contributed by atoms with van der Waals surface area (Å²) in [5, 5.41) is 6.27. The Hall–Kier alpha value is -2.95. The van der Waals surface area contributed by atoms with Crippen molar-refractivity contribution in [2.45, 2.75) is 62.8 Å². The van der Waals surface area contributed by atoms with Crippen molar-refractivity contribution >= 4 is 23.4 Å². The molecule has 0 unspecified atom stereocenters. The Morgan fingerprint density at radius 3 is 2.71 bits per heavy atom. The second-order valence-electron chi connectivity index (χ2n) is 12.1. The molecule has 6 rings (SSSR count). The van der Waals surface area contributed by atoms with E-state index in [4.69, 9.17) is 14.2 Å². The first-order valence-corrected chi connectivity index (χ1v) is 15.1. The van der Waals surface area contributed by atoms with Gasteiger partial charge in [0, 0.05) is 44.0 Å². The molecule has 4 heterocycles. The predicted molar refractivity (Wildman–Crippen MR) is 152 cm³/mol. The highest BCUT2D eigenvalue weighted by Gasteiger charge is 2.72. The van der Waals surface area contributed by atoms with Gasteiger partial charge in [0.05, 0.1) is 38.3 Å². The number of rotatable bonds is 9. The second-order valence-corrected chi connectivity index (χ2v) is 12.1. The Balaban J connectivity index is 1.24. The summed E-state index contributed by atoms with van der Waals surface area (Å²) in [5.74, 6) is -1.13. The zero-order valence-electron chi connectivity index (χ0n) is 24.1. The van der Waals surface area contributed by atoms with E-state index in [0.29, 0.717) is 37.1 Å². The number of fused-ring (bicyclic) bond motifs is 1. The fraction of sp³-hybridized carbons (Fsp3) is 0.645. The lowest BCUT2D eigenvalue weighted by atomic mass is 9.74. The molecule has 2 bridgehead atoms. The molecule has 0 radical (unpaired) electrons. The Morgan fingerprint density at radius 1 is 1.12 bits per heavy atom. The van der Waals surface area contributed by atoms with E-state index >= 15 is 0 Å². The molecule has 1 saturated carbocycles. The first-order valence-electron chi connectivity index (χ1n) is 15.1. The summed E-state index contributed by atoms with van der Waals surface area (Å²) in [4.78, 5) is 46.0. The van der Waals surface area contributed by atoms with Crippen molar-refractivity contribution in [3.63, 3.8) is 0 Å². The summed E-state index contributed by atoms with van der Waals surface area (Å²) in [5.41, 5.74) is -0.567. The molecule has 41 heavy (non-hydrogen) atoms. The highest BCUT2D eigenvalue weighted by Crippen LogP contribution is 2.55. The molecule has 3 amide bonds. The molecule has 10 nitrogen and oxygen atoms in total. The molecule has 2 N–H and O–H groups in total. The number of hydrogen-bond donors (Lipinski definition) is 2. The molecule has 4 fully saturated rings. The summed E-state index contributed by atoms with van der Waals surface area (Å²) in [6.07, 6.45) is 8.18. The average molecular weight is 567 g/mol. The molecule has 7 atom stereocenters. The number of benzene rings is 1. The smallest absolute Gasteiger partial charge is 0.246 e. The molecule has 0 aromatic heterocycles. The largest absolute Gasteiger partial charge is 0.497 e. The zero-order chi connectivity index (χ0) is 28.6. The zero-order valence-corrected chi connectivity index (χ0v) is 24.1. The minimum absolute atomic E-state index is 0.0757. The van der Waals surface area contributed by atoms with Gasteiger partial charge in [-0.25, -0.2) is 0 Å². The maximum Gasteiger partial charge on any atom is 0.246 e. The van der Waals surface area contributed by atoms with E-state index in [9.17, 15) is 14.4 Å². The number of nitrogens with one attached hydrogen (secondary N) is 2. The summed E-state index contributed by atoms with van der Waals surface area (Å²) in [6.45, 7) is 6.58. The van der Waals surface area contributed by atoms with E-state index in [1.54, 1.807) is 36.3 Å². The maximum atomic E-state index is 14.2. The summed E-state index contributed by atoms with van der Waals surface area (Å²) in [6, 6.07) is 6.40. The van der Waals surface area contributed by atoms with Crippen LogP contribution in [0.5, 0.6) is 5.75 Å². The molecule has 1 aromatic rings. The maximum absolute atomic E-state index is 14.2. The first-order chi connectivity index (χ1) is 19.9. The van der Waals surface area contributed by atoms with Crippen molar-refractivity contribution in [3.05, 3.63) is 36.4 Å². The Kier molecular flexibility index (Phi) is 8.07. The van der Waals surface area contributed by atoms with Crippen molar-refractivity contribution in [3.8, 4) is 5.75 Å². The van der Waals surface area contributed by atoms with Crippen LogP contribution >= 0.6 is 0 Å². The number of amides is 3. The van der Waals surface area contributed by atoms with Crippen LogP contribution in [0.3, 0.4) is 0 Å². The highest BCUT2D eigenvalue weighted by molar-refractivity contribution is 6.02. The van der Waals surface area contributed by atoms with E-state index in [0.717, 1.165) is 45.3 Å². The van der Waals surface area contributed by atoms with Crippen molar-refractivity contribution < 1.29 is 28.6 Å². The number of anilines is 1. The van der Waals surface area contributed by atoms with Crippen LogP contribution in [0.2, 0.25) is 0 Å².